The predicted molar refractivity (Wildman–Crippen MR) is 128 cm³/mol. The van der Waals surface area contributed by atoms with E-state index in [1.54, 1.807) is 6.92 Å². The lowest BCUT2D eigenvalue weighted by Gasteiger charge is -2.26. The van der Waals surface area contributed by atoms with Gasteiger partial charge in [-0.3, -0.25) is 4.79 Å². The van der Waals surface area contributed by atoms with Crippen LogP contribution in [0.2, 0.25) is 0 Å². The number of hydrogen-bond acceptors (Lipinski definition) is 3. The summed E-state index contributed by atoms with van der Waals surface area (Å²) in [6, 6.07) is 9.69. The maximum absolute atomic E-state index is 13.2. The zero-order chi connectivity index (χ0) is 25.6. The molecular weight excluding hydrogens is 461 g/mol. The van der Waals surface area contributed by atoms with E-state index < -0.39 is 41.4 Å². The van der Waals surface area contributed by atoms with E-state index in [-0.39, 0.29) is 12.5 Å². The molecule has 0 aliphatic carbocycles. The number of amides is 3. The Morgan fingerprint density at radius 2 is 1.74 bits per heavy atom. The number of halogens is 3. The van der Waals surface area contributed by atoms with Crippen LogP contribution in [0.3, 0.4) is 0 Å². The summed E-state index contributed by atoms with van der Waals surface area (Å²) in [5.41, 5.74) is 0.446. The van der Waals surface area contributed by atoms with Gasteiger partial charge in [-0.05, 0) is 36.1 Å². The van der Waals surface area contributed by atoms with Crippen molar-refractivity contribution in [2.24, 2.45) is 5.92 Å². The molecule has 2 aromatic carbocycles. The normalized spacial score (nSPS) is 14.2. The molecule has 3 atom stereocenters. The molecule has 188 valence electrons. The van der Waals surface area contributed by atoms with Gasteiger partial charge >= 0.3 is 12.2 Å². The zero-order valence-corrected chi connectivity index (χ0v) is 19.4. The van der Waals surface area contributed by atoms with Crippen LogP contribution in [-0.2, 0) is 17.4 Å². The Bertz CT molecular complexity index is 1160. The summed E-state index contributed by atoms with van der Waals surface area (Å²) >= 11 is 0. The molecule has 0 bridgehead atoms. The fourth-order valence-corrected chi connectivity index (χ4v) is 3.86. The van der Waals surface area contributed by atoms with Crippen molar-refractivity contribution in [3.63, 3.8) is 0 Å². The van der Waals surface area contributed by atoms with Gasteiger partial charge in [0.05, 0.1) is 23.9 Å². The minimum atomic E-state index is -4.64. The van der Waals surface area contributed by atoms with Crippen LogP contribution in [0.1, 0.15) is 31.4 Å². The molecule has 1 unspecified atom stereocenters. The average molecular weight is 491 g/mol. The quantitative estimate of drug-likeness (QED) is 0.306. The largest absolute Gasteiger partial charge is 0.418 e. The number of urea groups is 1. The van der Waals surface area contributed by atoms with E-state index in [2.05, 4.69) is 20.9 Å². The summed E-state index contributed by atoms with van der Waals surface area (Å²) in [5, 5.41) is 18.3. The highest BCUT2D eigenvalue weighted by atomic mass is 19.4. The Kier molecular flexibility index (Phi) is 8.39. The summed E-state index contributed by atoms with van der Waals surface area (Å²) in [6.45, 7) is 3.25. The lowest BCUT2D eigenvalue weighted by molar-refractivity contribution is -0.137. The number of para-hydroxylation sites is 2. The van der Waals surface area contributed by atoms with Gasteiger partial charge in [-0.15, -0.1) is 0 Å². The first-order valence-corrected chi connectivity index (χ1v) is 11.3. The molecule has 3 aromatic rings. The summed E-state index contributed by atoms with van der Waals surface area (Å²) in [6.07, 6.45) is -1.95. The Labute approximate surface area is 201 Å². The standard InChI is InChI=1S/C25H29F3N4O3/c1-3-15(2)22(32-24(35)31-21-11-7-5-9-19(21)25(26,27)28)23(34)30-17(14-33)12-16-13-29-20-10-6-4-8-18(16)20/h4-11,13,15,17,22,29,33H,3,12,14H2,1-2H3,(H,30,34)(H2,31,32,35)/t15?,17-,22-/m0/s1. The van der Waals surface area contributed by atoms with Crippen LogP contribution < -0.4 is 16.0 Å². The van der Waals surface area contributed by atoms with Crippen LogP contribution in [0.5, 0.6) is 0 Å². The van der Waals surface area contributed by atoms with Crippen molar-refractivity contribution in [2.45, 2.75) is 44.9 Å². The van der Waals surface area contributed by atoms with Crippen LogP contribution in [0.4, 0.5) is 23.7 Å². The lowest BCUT2D eigenvalue weighted by atomic mass is 9.97. The summed E-state index contributed by atoms with van der Waals surface area (Å²) < 4.78 is 39.7. The van der Waals surface area contributed by atoms with Crippen molar-refractivity contribution in [2.75, 3.05) is 11.9 Å². The molecular formula is C25H29F3N4O3. The third-order valence-electron chi connectivity index (χ3n) is 5.97. The number of aliphatic hydroxyl groups is 1. The average Bonchev–Trinajstić information content (AvgIpc) is 3.24. The first-order valence-electron chi connectivity index (χ1n) is 11.3. The molecule has 5 N–H and O–H groups in total. The molecule has 1 heterocycles. The predicted octanol–water partition coefficient (Wildman–Crippen LogP) is 4.44. The molecule has 0 aliphatic heterocycles. The number of benzene rings is 2. The van der Waals surface area contributed by atoms with E-state index in [1.807, 2.05) is 37.4 Å². The fourth-order valence-electron chi connectivity index (χ4n) is 3.86. The maximum atomic E-state index is 13.2. The highest BCUT2D eigenvalue weighted by Gasteiger charge is 2.34. The molecule has 0 fully saturated rings. The van der Waals surface area contributed by atoms with Crippen molar-refractivity contribution in [1.82, 2.24) is 15.6 Å². The smallest absolute Gasteiger partial charge is 0.394 e. The van der Waals surface area contributed by atoms with Gasteiger partial charge in [-0.2, -0.15) is 13.2 Å². The molecule has 10 heteroatoms. The van der Waals surface area contributed by atoms with Gasteiger partial charge in [-0.25, -0.2) is 4.79 Å². The molecule has 3 amide bonds. The number of alkyl halides is 3. The van der Waals surface area contributed by atoms with E-state index in [0.717, 1.165) is 28.6 Å². The summed E-state index contributed by atoms with van der Waals surface area (Å²) in [7, 11) is 0. The van der Waals surface area contributed by atoms with Gasteiger partial charge in [0.2, 0.25) is 5.91 Å². The first-order chi connectivity index (χ1) is 16.6. The second kappa shape index (κ2) is 11.3. The Hall–Kier alpha value is -3.53. The first kappa shape index (κ1) is 26.1. The van der Waals surface area contributed by atoms with Crippen molar-refractivity contribution >= 4 is 28.5 Å². The van der Waals surface area contributed by atoms with Crippen molar-refractivity contribution < 1.29 is 27.9 Å². The molecule has 35 heavy (non-hydrogen) atoms. The number of aromatic nitrogens is 1. The Morgan fingerprint density at radius 3 is 2.43 bits per heavy atom. The number of carbonyl (C=O) groups excluding carboxylic acids is 2. The van der Waals surface area contributed by atoms with Crippen molar-refractivity contribution in [3.8, 4) is 0 Å². The van der Waals surface area contributed by atoms with E-state index in [1.165, 1.54) is 12.1 Å². The molecule has 0 spiro atoms. The van der Waals surface area contributed by atoms with E-state index in [9.17, 15) is 27.9 Å². The number of nitrogens with one attached hydrogen (secondary N) is 4. The number of carbonyl (C=O) groups is 2. The topological polar surface area (TPSA) is 106 Å². The van der Waals surface area contributed by atoms with Crippen LogP contribution >= 0.6 is 0 Å². The second-order valence-electron chi connectivity index (χ2n) is 8.46. The Morgan fingerprint density at radius 1 is 1.06 bits per heavy atom. The second-order valence-corrected chi connectivity index (χ2v) is 8.46. The molecule has 0 radical (unpaired) electrons. The van der Waals surface area contributed by atoms with Gasteiger partial charge in [0.15, 0.2) is 0 Å². The summed E-state index contributed by atoms with van der Waals surface area (Å²) in [5.74, 6) is -0.844. The number of hydrogen-bond donors (Lipinski definition) is 5. The number of anilines is 1. The van der Waals surface area contributed by atoms with E-state index in [4.69, 9.17) is 0 Å². The number of H-pyrrole nitrogens is 1. The monoisotopic (exact) mass is 490 g/mol. The SMILES string of the molecule is CCC(C)[C@H](NC(=O)Nc1ccccc1C(F)(F)F)C(=O)N[C@H](CO)Cc1c[nH]c2ccccc12. The molecule has 7 nitrogen and oxygen atoms in total. The summed E-state index contributed by atoms with van der Waals surface area (Å²) in [4.78, 5) is 28.8. The number of aromatic amines is 1. The van der Waals surface area contributed by atoms with Crippen molar-refractivity contribution in [1.29, 1.82) is 0 Å². The van der Waals surface area contributed by atoms with E-state index >= 15 is 0 Å². The highest BCUT2D eigenvalue weighted by Crippen LogP contribution is 2.34. The van der Waals surface area contributed by atoms with Gasteiger partial charge in [0.25, 0.3) is 0 Å². The molecule has 3 rings (SSSR count). The Balaban J connectivity index is 1.70. The van der Waals surface area contributed by atoms with Crippen molar-refractivity contribution in [3.05, 3.63) is 65.9 Å². The zero-order valence-electron chi connectivity index (χ0n) is 19.4. The fraction of sp³-hybridized carbons (Fsp3) is 0.360. The molecule has 0 saturated heterocycles. The third-order valence-corrected chi connectivity index (χ3v) is 5.97. The van der Waals surface area contributed by atoms with Crippen LogP contribution in [0.25, 0.3) is 10.9 Å². The highest BCUT2D eigenvalue weighted by molar-refractivity contribution is 5.94. The number of fused-ring (bicyclic) bond motifs is 1. The third kappa shape index (κ3) is 6.54. The van der Waals surface area contributed by atoms with Gasteiger partial charge < -0.3 is 26.0 Å². The molecule has 0 aliphatic rings. The van der Waals surface area contributed by atoms with Crippen LogP contribution in [-0.4, -0.2) is 40.7 Å². The number of rotatable bonds is 9. The van der Waals surface area contributed by atoms with Crippen LogP contribution in [0.15, 0.2) is 54.7 Å². The molecule has 1 aromatic heterocycles. The lowest BCUT2D eigenvalue weighted by Crippen LogP contribution is -2.54. The van der Waals surface area contributed by atoms with Gasteiger partial charge in [0.1, 0.15) is 6.04 Å². The van der Waals surface area contributed by atoms with Crippen LogP contribution in [0, 0.1) is 5.92 Å². The van der Waals surface area contributed by atoms with E-state index in [0.29, 0.717) is 12.8 Å². The minimum absolute atomic E-state index is 0.314. The number of aliphatic hydroxyl groups excluding tert-OH is 1. The molecule has 0 saturated carbocycles. The van der Waals surface area contributed by atoms with Gasteiger partial charge in [-0.1, -0.05) is 50.6 Å². The maximum Gasteiger partial charge on any atom is 0.418 e. The minimum Gasteiger partial charge on any atom is -0.394 e. The van der Waals surface area contributed by atoms with Gasteiger partial charge in [0, 0.05) is 17.1 Å².